The van der Waals surface area contributed by atoms with Gasteiger partial charge in [-0.1, -0.05) is 0 Å². The average Bonchev–Trinajstić information content (AvgIpc) is 3.18. The molecule has 11 heteroatoms. The van der Waals surface area contributed by atoms with Crippen LogP contribution in [0.2, 0.25) is 0 Å². The number of esters is 1. The topological polar surface area (TPSA) is 110 Å². The lowest BCUT2D eigenvalue weighted by Crippen LogP contribution is -2.48. The van der Waals surface area contributed by atoms with Gasteiger partial charge >= 0.3 is 5.97 Å². The smallest absolute Gasteiger partial charge is 0.349 e. The van der Waals surface area contributed by atoms with Crippen LogP contribution in [0.25, 0.3) is 0 Å². The number of non-ortho nitro benzene ring substituents is 1. The summed E-state index contributed by atoms with van der Waals surface area (Å²) in [4.78, 5) is 24.0. The molecule has 9 nitrogen and oxygen atoms in total. The largest absolute Gasteiger partial charge is 0.465 e. The van der Waals surface area contributed by atoms with Crippen LogP contribution in [-0.2, 0) is 14.8 Å². The van der Waals surface area contributed by atoms with E-state index in [1.807, 2.05) is 4.90 Å². The fraction of sp³-hybridized carbons (Fsp3) is 0.312. The summed E-state index contributed by atoms with van der Waals surface area (Å²) in [7, 11) is -2.59. The van der Waals surface area contributed by atoms with Gasteiger partial charge in [0.25, 0.3) is 5.69 Å². The van der Waals surface area contributed by atoms with Crippen molar-refractivity contribution in [1.82, 2.24) is 4.31 Å². The van der Waals surface area contributed by atoms with Gasteiger partial charge in [-0.2, -0.15) is 4.31 Å². The van der Waals surface area contributed by atoms with Crippen molar-refractivity contribution < 1.29 is 22.9 Å². The summed E-state index contributed by atoms with van der Waals surface area (Å²) in [6.07, 6.45) is 0. The second-order valence-electron chi connectivity index (χ2n) is 5.77. The van der Waals surface area contributed by atoms with Gasteiger partial charge in [0.1, 0.15) is 9.77 Å². The Hall–Kier alpha value is -2.50. The van der Waals surface area contributed by atoms with E-state index in [9.17, 15) is 23.3 Å². The number of hydrogen-bond acceptors (Lipinski definition) is 8. The van der Waals surface area contributed by atoms with E-state index in [4.69, 9.17) is 0 Å². The molecule has 1 aromatic heterocycles. The highest BCUT2D eigenvalue weighted by atomic mass is 32.2. The zero-order chi connectivity index (χ0) is 19.6. The molecule has 27 heavy (non-hydrogen) atoms. The quantitative estimate of drug-likeness (QED) is 0.420. The maximum Gasteiger partial charge on any atom is 0.349 e. The maximum absolute atomic E-state index is 12.9. The Bertz CT molecular complexity index is 947. The summed E-state index contributed by atoms with van der Waals surface area (Å²) in [6, 6.07) is 7.56. The highest BCUT2D eigenvalue weighted by Crippen LogP contribution is 2.28. The van der Waals surface area contributed by atoms with Crippen LogP contribution in [0.15, 0.2) is 40.6 Å². The lowest BCUT2D eigenvalue weighted by atomic mass is 10.2. The van der Waals surface area contributed by atoms with Crippen molar-refractivity contribution in [2.24, 2.45) is 0 Å². The molecule has 1 aliphatic rings. The van der Waals surface area contributed by atoms with Crippen molar-refractivity contribution in [3.63, 3.8) is 0 Å². The second-order valence-corrected chi connectivity index (χ2v) is 8.59. The van der Waals surface area contributed by atoms with Gasteiger partial charge in [0.2, 0.25) is 10.0 Å². The minimum Gasteiger partial charge on any atom is -0.465 e. The standard InChI is InChI=1S/C16H17N3O6S2/c1-25-16(20)15-14(6-11-26-15)27(23,24)18-9-7-17(8-10-18)12-2-4-13(5-3-12)19(21)22/h2-6,11H,7-10H2,1H3. The fourth-order valence-corrected chi connectivity index (χ4v) is 5.58. The van der Waals surface area contributed by atoms with Gasteiger partial charge < -0.3 is 9.64 Å². The highest BCUT2D eigenvalue weighted by Gasteiger charge is 2.33. The Kier molecular flexibility index (Phi) is 5.44. The number of nitro benzene ring substituents is 1. The predicted octanol–water partition coefficient (Wildman–Crippen LogP) is 1.95. The molecule has 0 unspecified atom stereocenters. The number of nitro groups is 1. The number of thiophene rings is 1. The van der Waals surface area contributed by atoms with Crippen LogP contribution < -0.4 is 4.90 Å². The Morgan fingerprint density at radius 3 is 2.33 bits per heavy atom. The van der Waals surface area contributed by atoms with Crippen LogP contribution in [0.1, 0.15) is 9.67 Å². The van der Waals surface area contributed by atoms with Gasteiger partial charge in [-0.25, -0.2) is 13.2 Å². The second kappa shape index (κ2) is 7.62. The normalized spacial score (nSPS) is 15.5. The van der Waals surface area contributed by atoms with Crippen molar-refractivity contribution in [3.05, 3.63) is 50.7 Å². The maximum atomic E-state index is 12.9. The van der Waals surface area contributed by atoms with Crippen LogP contribution in [0.4, 0.5) is 11.4 Å². The zero-order valence-corrected chi connectivity index (χ0v) is 16.0. The lowest BCUT2D eigenvalue weighted by Gasteiger charge is -2.35. The number of hydrogen-bond donors (Lipinski definition) is 0. The monoisotopic (exact) mass is 411 g/mol. The minimum atomic E-state index is -3.80. The lowest BCUT2D eigenvalue weighted by molar-refractivity contribution is -0.384. The summed E-state index contributed by atoms with van der Waals surface area (Å²) in [5.41, 5.74) is 0.802. The van der Waals surface area contributed by atoms with Crippen molar-refractivity contribution in [1.29, 1.82) is 0 Å². The van der Waals surface area contributed by atoms with Crippen LogP contribution in [-0.4, -0.2) is 56.9 Å². The molecule has 1 fully saturated rings. The molecule has 1 aliphatic heterocycles. The first-order valence-corrected chi connectivity index (χ1v) is 10.3. The van der Waals surface area contributed by atoms with Crippen molar-refractivity contribution in [2.75, 3.05) is 38.2 Å². The molecule has 1 aromatic carbocycles. The number of sulfonamides is 1. The van der Waals surface area contributed by atoms with E-state index in [-0.39, 0.29) is 28.5 Å². The first-order chi connectivity index (χ1) is 12.8. The number of carbonyl (C=O) groups excluding carboxylic acids is 1. The van der Waals surface area contributed by atoms with E-state index in [0.29, 0.717) is 13.1 Å². The summed E-state index contributed by atoms with van der Waals surface area (Å²) in [5.74, 6) is -0.673. The van der Waals surface area contributed by atoms with E-state index in [2.05, 4.69) is 4.74 Å². The number of nitrogens with zero attached hydrogens (tertiary/aromatic N) is 3. The van der Waals surface area contributed by atoms with Crippen LogP contribution in [0.3, 0.4) is 0 Å². The van der Waals surface area contributed by atoms with E-state index in [0.717, 1.165) is 17.0 Å². The van der Waals surface area contributed by atoms with Gasteiger partial charge in [-0.15, -0.1) is 11.3 Å². The fourth-order valence-electron chi connectivity index (χ4n) is 2.85. The van der Waals surface area contributed by atoms with E-state index < -0.39 is 20.9 Å². The molecule has 2 heterocycles. The number of benzene rings is 1. The SMILES string of the molecule is COC(=O)c1sccc1S(=O)(=O)N1CCN(c2ccc([N+](=O)[O-])cc2)CC1. The molecule has 2 aromatic rings. The number of rotatable bonds is 5. The minimum absolute atomic E-state index is 0.00719. The molecule has 0 N–H and O–H groups in total. The van der Waals surface area contributed by atoms with Gasteiger partial charge in [0.15, 0.2) is 0 Å². The first-order valence-electron chi connectivity index (χ1n) is 8.00. The Morgan fingerprint density at radius 1 is 1.15 bits per heavy atom. The number of carbonyl (C=O) groups is 1. The number of methoxy groups -OCH3 is 1. The molecule has 0 aliphatic carbocycles. The van der Waals surface area contributed by atoms with Gasteiger partial charge in [-0.3, -0.25) is 10.1 Å². The third-order valence-corrected chi connectivity index (χ3v) is 7.25. The van der Waals surface area contributed by atoms with Crippen molar-refractivity contribution in [2.45, 2.75) is 4.90 Å². The Balaban J connectivity index is 1.72. The number of piperazine rings is 1. The Labute approximate surface area is 160 Å². The zero-order valence-electron chi connectivity index (χ0n) is 14.4. The average molecular weight is 411 g/mol. The third kappa shape index (κ3) is 3.80. The number of ether oxygens (including phenoxy) is 1. The molecule has 0 amide bonds. The molecule has 3 rings (SSSR count). The van der Waals surface area contributed by atoms with Gasteiger partial charge in [0, 0.05) is 44.0 Å². The Morgan fingerprint density at radius 2 is 1.78 bits per heavy atom. The van der Waals surface area contributed by atoms with Crippen LogP contribution >= 0.6 is 11.3 Å². The molecule has 0 atom stereocenters. The van der Waals surface area contributed by atoms with Crippen LogP contribution in [0, 0.1) is 10.1 Å². The highest BCUT2D eigenvalue weighted by molar-refractivity contribution is 7.89. The van der Waals surface area contributed by atoms with Crippen molar-refractivity contribution >= 4 is 38.7 Å². The van der Waals surface area contributed by atoms with Crippen LogP contribution in [0.5, 0.6) is 0 Å². The van der Waals surface area contributed by atoms with Gasteiger partial charge in [-0.05, 0) is 23.6 Å². The molecule has 0 radical (unpaired) electrons. The van der Waals surface area contributed by atoms with Crippen molar-refractivity contribution in [3.8, 4) is 0 Å². The van der Waals surface area contributed by atoms with E-state index in [1.165, 1.54) is 29.6 Å². The third-order valence-electron chi connectivity index (χ3n) is 4.28. The molecular weight excluding hydrogens is 394 g/mol. The van der Waals surface area contributed by atoms with E-state index >= 15 is 0 Å². The summed E-state index contributed by atoms with van der Waals surface area (Å²) in [6.45, 7) is 1.37. The first kappa shape index (κ1) is 19.3. The van der Waals surface area contributed by atoms with Gasteiger partial charge in [0.05, 0.1) is 12.0 Å². The van der Waals surface area contributed by atoms with E-state index in [1.54, 1.807) is 17.5 Å². The molecule has 0 spiro atoms. The summed E-state index contributed by atoms with van der Waals surface area (Å²) in [5, 5.41) is 12.3. The number of anilines is 1. The molecular formula is C16H17N3O6S2. The molecule has 144 valence electrons. The molecule has 0 saturated carbocycles. The molecule has 0 bridgehead atoms. The summed E-state index contributed by atoms with van der Waals surface area (Å²) < 4.78 is 31.8. The predicted molar refractivity (Wildman–Crippen MR) is 99.7 cm³/mol. The summed E-state index contributed by atoms with van der Waals surface area (Å²) >= 11 is 1.03. The molecule has 1 saturated heterocycles.